The summed E-state index contributed by atoms with van der Waals surface area (Å²) in [6.07, 6.45) is 0. The van der Waals surface area contributed by atoms with Crippen LogP contribution < -0.4 is 5.73 Å². The van der Waals surface area contributed by atoms with Gasteiger partial charge in [0.05, 0.1) is 13.2 Å². The second-order valence-electron chi connectivity index (χ2n) is 3.41. The molecule has 0 aromatic heterocycles. The van der Waals surface area contributed by atoms with Crippen molar-refractivity contribution in [1.82, 2.24) is 4.90 Å². The molecule has 0 fully saturated rings. The highest BCUT2D eigenvalue weighted by Gasteiger charge is 2.22. The van der Waals surface area contributed by atoms with Crippen molar-refractivity contribution >= 4 is 5.91 Å². The van der Waals surface area contributed by atoms with Crippen LogP contribution in [0, 0.1) is 0 Å². The van der Waals surface area contributed by atoms with Gasteiger partial charge in [0, 0.05) is 19.7 Å². The van der Waals surface area contributed by atoms with Gasteiger partial charge in [-0.05, 0) is 13.8 Å². The van der Waals surface area contributed by atoms with Gasteiger partial charge in [0.15, 0.2) is 0 Å². The Bertz CT molecular complexity index is 173. The molecule has 0 aromatic carbocycles. The number of methoxy groups -OCH3 is 1. The molecule has 1 atom stereocenters. The Hall–Kier alpha value is -0.650. The first-order valence-corrected chi connectivity index (χ1v) is 4.70. The van der Waals surface area contributed by atoms with E-state index in [-0.39, 0.29) is 25.2 Å². The van der Waals surface area contributed by atoms with Crippen molar-refractivity contribution in [3.63, 3.8) is 0 Å². The third-order valence-corrected chi connectivity index (χ3v) is 1.91. The maximum atomic E-state index is 11.7. The highest BCUT2D eigenvalue weighted by molar-refractivity contribution is 5.82. The van der Waals surface area contributed by atoms with Crippen LogP contribution in [-0.2, 0) is 9.53 Å². The van der Waals surface area contributed by atoms with E-state index in [1.165, 1.54) is 7.11 Å². The molecule has 5 heteroatoms. The molecule has 0 saturated heterocycles. The summed E-state index contributed by atoms with van der Waals surface area (Å²) in [5, 5.41) is 8.78. The van der Waals surface area contributed by atoms with Crippen LogP contribution in [0.2, 0.25) is 0 Å². The Balaban J connectivity index is 4.27. The maximum Gasteiger partial charge on any atom is 0.242 e. The second kappa shape index (κ2) is 6.75. The van der Waals surface area contributed by atoms with E-state index < -0.39 is 6.04 Å². The van der Waals surface area contributed by atoms with E-state index in [0.717, 1.165) is 0 Å². The summed E-state index contributed by atoms with van der Waals surface area (Å²) < 4.78 is 4.80. The molecule has 84 valence electrons. The number of hydrogen-bond donors (Lipinski definition) is 2. The van der Waals surface area contributed by atoms with E-state index in [1.807, 2.05) is 13.8 Å². The Kier molecular flexibility index (Phi) is 6.44. The van der Waals surface area contributed by atoms with Crippen LogP contribution in [-0.4, -0.2) is 54.9 Å². The predicted octanol–water partition coefficient (Wildman–Crippen LogP) is -0.811. The second-order valence-corrected chi connectivity index (χ2v) is 3.41. The standard InChI is InChI=1S/C9H20N2O3/c1-7(2)11(4-5-12)9(13)8(10)6-14-3/h7-8,12H,4-6,10H2,1-3H3. The van der Waals surface area contributed by atoms with Crippen molar-refractivity contribution in [2.75, 3.05) is 26.9 Å². The first kappa shape index (κ1) is 13.4. The Morgan fingerprint density at radius 2 is 2.14 bits per heavy atom. The molecule has 0 aliphatic rings. The minimum atomic E-state index is -0.644. The molecule has 0 saturated carbocycles. The van der Waals surface area contributed by atoms with Gasteiger partial charge < -0.3 is 20.5 Å². The van der Waals surface area contributed by atoms with Crippen LogP contribution in [0.5, 0.6) is 0 Å². The number of rotatable bonds is 6. The smallest absolute Gasteiger partial charge is 0.242 e. The number of amides is 1. The van der Waals surface area contributed by atoms with Gasteiger partial charge in [0.25, 0.3) is 0 Å². The average Bonchev–Trinajstić information content (AvgIpc) is 2.13. The van der Waals surface area contributed by atoms with Crippen molar-refractivity contribution in [3.8, 4) is 0 Å². The molecular formula is C9H20N2O3. The Morgan fingerprint density at radius 1 is 1.57 bits per heavy atom. The number of hydrogen-bond acceptors (Lipinski definition) is 4. The first-order chi connectivity index (χ1) is 6.54. The van der Waals surface area contributed by atoms with Crippen molar-refractivity contribution < 1.29 is 14.6 Å². The fraction of sp³-hybridized carbons (Fsp3) is 0.889. The van der Waals surface area contributed by atoms with Crippen molar-refractivity contribution in [2.24, 2.45) is 5.73 Å². The van der Waals surface area contributed by atoms with Gasteiger partial charge in [0.2, 0.25) is 5.91 Å². The van der Waals surface area contributed by atoms with Gasteiger partial charge in [-0.3, -0.25) is 4.79 Å². The van der Waals surface area contributed by atoms with Gasteiger partial charge >= 0.3 is 0 Å². The maximum absolute atomic E-state index is 11.7. The van der Waals surface area contributed by atoms with E-state index in [9.17, 15) is 4.79 Å². The fourth-order valence-corrected chi connectivity index (χ4v) is 1.19. The average molecular weight is 204 g/mol. The number of nitrogens with zero attached hydrogens (tertiary/aromatic N) is 1. The van der Waals surface area contributed by atoms with Gasteiger partial charge in [0.1, 0.15) is 6.04 Å². The zero-order chi connectivity index (χ0) is 11.1. The molecule has 0 bridgehead atoms. The summed E-state index contributed by atoms with van der Waals surface area (Å²) in [5.41, 5.74) is 5.60. The lowest BCUT2D eigenvalue weighted by Crippen LogP contribution is -2.49. The van der Waals surface area contributed by atoms with E-state index >= 15 is 0 Å². The monoisotopic (exact) mass is 204 g/mol. The Labute approximate surface area is 84.8 Å². The molecule has 0 rings (SSSR count). The number of carbonyl (C=O) groups is 1. The van der Waals surface area contributed by atoms with Crippen LogP contribution in [0.15, 0.2) is 0 Å². The van der Waals surface area contributed by atoms with E-state index in [1.54, 1.807) is 4.90 Å². The zero-order valence-electron chi connectivity index (χ0n) is 9.06. The third-order valence-electron chi connectivity index (χ3n) is 1.91. The van der Waals surface area contributed by atoms with Crippen molar-refractivity contribution in [1.29, 1.82) is 0 Å². The summed E-state index contributed by atoms with van der Waals surface area (Å²) in [6, 6.07) is -0.605. The molecule has 1 unspecified atom stereocenters. The van der Waals surface area contributed by atoms with Gasteiger partial charge in [-0.2, -0.15) is 0 Å². The van der Waals surface area contributed by atoms with Crippen LogP contribution in [0.3, 0.4) is 0 Å². The van der Waals surface area contributed by atoms with Gasteiger partial charge in [-0.25, -0.2) is 0 Å². The summed E-state index contributed by atoms with van der Waals surface area (Å²) in [4.78, 5) is 13.2. The third kappa shape index (κ3) is 4.04. The van der Waals surface area contributed by atoms with Gasteiger partial charge in [-0.1, -0.05) is 0 Å². The molecule has 0 heterocycles. The largest absolute Gasteiger partial charge is 0.395 e. The molecule has 0 spiro atoms. The highest BCUT2D eigenvalue weighted by atomic mass is 16.5. The first-order valence-electron chi connectivity index (χ1n) is 4.70. The molecule has 3 N–H and O–H groups in total. The molecular weight excluding hydrogens is 184 g/mol. The number of aliphatic hydroxyl groups is 1. The minimum absolute atomic E-state index is 0.0394. The normalized spacial score (nSPS) is 13.0. The number of carbonyl (C=O) groups excluding carboxylic acids is 1. The summed E-state index contributed by atoms with van der Waals surface area (Å²) in [7, 11) is 1.50. The van der Waals surface area contributed by atoms with E-state index in [2.05, 4.69) is 0 Å². The molecule has 1 amide bonds. The lowest BCUT2D eigenvalue weighted by Gasteiger charge is -2.28. The molecule has 0 radical (unpaired) electrons. The van der Waals surface area contributed by atoms with Crippen LogP contribution in [0.25, 0.3) is 0 Å². The molecule has 0 aliphatic carbocycles. The minimum Gasteiger partial charge on any atom is -0.395 e. The Morgan fingerprint density at radius 3 is 2.50 bits per heavy atom. The van der Waals surface area contributed by atoms with Gasteiger partial charge in [-0.15, -0.1) is 0 Å². The fourth-order valence-electron chi connectivity index (χ4n) is 1.19. The molecule has 5 nitrogen and oxygen atoms in total. The topological polar surface area (TPSA) is 75.8 Å². The molecule has 0 aliphatic heterocycles. The highest BCUT2D eigenvalue weighted by Crippen LogP contribution is 2.00. The quantitative estimate of drug-likeness (QED) is 0.593. The summed E-state index contributed by atoms with van der Waals surface area (Å²) >= 11 is 0. The summed E-state index contributed by atoms with van der Waals surface area (Å²) in [5.74, 6) is -0.184. The lowest BCUT2D eigenvalue weighted by molar-refractivity contribution is -0.136. The van der Waals surface area contributed by atoms with Crippen LogP contribution in [0.1, 0.15) is 13.8 Å². The molecule has 0 aromatic rings. The molecule has 14 heavy (non-hydrogen) atoms. The van der Waals surface area contributed by atoms with Crippen molar-refractivity contribution in [2.45, 2.75) is 25.9 Å². The predicted molar refractivity (Wildman–Crippen MR) is 53.8 cm³/mol. The zero-order valence-corrected chi connectivity index (χ0v) is 9.06. The van der Waals surface area contributed by atoms with Crippen LogP contribution in [0.4, 0.5) is 0 Å². The van der Waals surface area contributed by atoms with E-state index in [0.29, 0.717) is 6.54 Å². The number of ether oxygens (including phenoxy) is 1. The lowest BCUT2D eigenvalue weighted by atomic mass is 10.2. The summed E-state index contributed by atoms with van der Waals surface area (Å²) in [6.45, 7) is 4.23. The SMILES string of the molecule is COCC(N)C(=O)N(CCO)C(C)C. The van der Waals surface area contributed by atoms with Crippen LogP contribution >= 0.6 is 0 Å². The van der Waals surface area contributed by atoms with Crippen molar-refractivity contribution in [3.05, 3.63) is 0 Å². The number of aliphatic hydroxyl groups excluding tert-OH is 1. The number of nitrogens with two attached hydrogens (primary N) is 1. The van der Waals surface area contributed by atoms with E-state index in [4.69, 9.17) is 15.6 Å².